The normalized spacial score (nSPS) is 12.0. The highest BCUT2D eigenvalue weighted by Gasteiger charge is 2.20. The average molecular weight is 451 g/mol. The molecule has 7 heteroatoms. The van der Waals surface area contributed by atoms with E-state index in [1.54, 1.807) is 19.0 Å². The fourth-order valence-electron chi connectivity index (χ4n) is 3.73. The molecule has 0 aliphatic heterocycles. The van der Waals surface area contributed by atoms with Gasteiger partial charge in [-0.25, -0.2) is 10.1 Å². The van der Waals surface area contributed by atoms with Crippen molar-refractivity contribution in [1.29, 1.82) is 0 Å². The molecule has 0 fully saturated rings. The topological polar surface area (TPSA) is 95.8 Å². The van der Waals surface area contributed by atoms with E-state index in [9.17, 15) is 9.90 Å². The van der Waals surface area contributed by atoms with E-state index in [-0.39, 0.29) is 12.3 Å². The molecule has 3 rings (SSSR count). The van der Waals surface area contributed by atoms with E-state index >= 15 is 0 Å². The summed E-state index contributed by atoms with van der Waals surface area (Å²) >= 11 is 1.68. The minimum atomic E-state index is -0.854. The maximum absolute atomic E-state index is 11.7. The summed E-state index contributed by atoms with van der Waals surface area (Å²) in [6.45, 7) is 2.81. The minimum Gasteiger partial charge on any atom is -0.481 e. The first kappa shape index (κ1) is 23.7. The van der Waals surface area contributed by atoms with E-state index in [2.05, 4.69) is 42.5 Å². The summed E-state index contributed by atoms with van der Waals surface area (Å²) in [5.41, 5.74) is 11.6. The summed E-state index contributed by atoms with van der Waals surface area (Å²) in [5.74, 6) is 4.66. The number of carboxylic acid groups (broad SMARTS) is 1. The van der Waals surface area contributed by atoms with Crippen LogP contribution in [0.4, 0.5) is 11.4 Å². The molecule has 1 unspecified atom stereocenters. The second kappa shape index (κ2) is 10.5. The molecule has 1 atom stereocenters. The first-order valence-electron chi connectivity index (χ1n) is 10.4. The lowest BCUT2D eigenvalue weighted by Gasteiger charge is -2.22. The summed E-state index contributed by atoms with van der Waals surface area (Å²) < 4.78 is 2.18. The van der Waals surface area contributed by atoms with Crippen molar-refractivity contribution >= 4 is 29.3 Å². The highest BCUT2D eigenvalue weighted by Crippen LogP contribution is 2.34. The van der Waals surface area contributed by atoms with E-state index in [0.717, 1.165) is 23.2 Å². The number of rotatable bonds is 9. The summed E-state index contributed by atoms with van der Waals surface area (Å²) in [4.78, 5) is 12.9. The van der Waals surface area contributed by atoms with Crippen molar-refractivity contribution in [3.8, 4) is 0 Å². The van der Waals surface area contributed by atoms with Crippen molar-refractivity contribution in [2.45, 2.75) is 30.7 Å². The van der Waals surface area contributed by atoms with Crippen molar-refractivity contribution in [2.75, 3.05) is 24.8 Å². The van der Waals surface area contributed by atoms with Gasteiger partial charge in [-0.2, -0.15) is 0 Å². The van der Waals surface area contributed by atoms with Gasteiger partial charge in [0.05, 0.1) is 17.8 Å². The molecule has 0 radical (unpaired) electrons. The Labute approximate surface area is 193 Å². The highest BCUT2D eigenvalue weighted by atomic mass is 32.2. The summed E-state index contributed by atoms with van der Waals surface area (Å²) in [5, 5.41) is 11.0. The summed E-state index contributed by atoms with van der Waals surface area (Å²) in [6.07, 6.45) is -0.0195. The van der Waals surface area contributed by atoms with Crippen LogP contribution in [0.15, 0.2) is 71.6 Å². The molecule has 0 saturated carbocycles. The van der Waals surface area contributed by atoms with Crippen LogP contribution in [0.25, 0.3) is 0 Å². The monoisotopic (exact) mass is 450 g/mol. The van der Waals surface area contributed by atoms with Gasteiger partial charge in [0, 0.05) is 24.4 Å². The van der Waals surface area contributed by atoms with Crippen LogP contribution < -0.4 is 16.6 Å². The summed E-state index contributed by atoms with van der Waals surface area (Å²) in [6, 6.07) is 22.0. The van der Waals surface area contributed by atoms with Crippen LogP contribution in [0, 0.1) is 6.92 Å². The lowest BCUT2D eigenvalue weighted by atomic mass is 9.86. The maximum atomic E-state index is 11.7. The molecule has 6 nitrogen and oxygen atoms in total. The first-order chi connectivity index (χ1) is 15.2. The zero-order valence-electron chi connectivity index (χ0n) is 18.7. The Bertz CT molecular complexity index is 1070. The molecule has 168 valence electrons. The third kappa shape index (κ3) is 6.03. The number of nitrogens with two attached hydrogens (primary N) is 2. The maximum Gasteiger partial charge on any atom is 0.304 e. The molecule has 0 bridgehead atoms. The van der Waals surface area contributed by atoms with Gasteiger partial charge in [-0.15, -0.1) is 0 Å². The van der Waals surface area contributed by atoms with Gasteiger partial charge in [0.1, 0.15) is 0 Å². The van der Waals surface area contributed by atoms with E-state index in [4.69, 9.17) is 11.6 Å². The number of nitrogens with zero attached hydrogens (tertiary/aromatic N) is 2. The number of nitrogen functional groups attached to an aromatic ring is 1. The molecule has 0 amide bonds. The van der Waals surface area contributed by atoms with E-state index < -0.39 is 5.97 Å². The third-order valence-corrected chi connectivity index (χ3v) is 6.31. The van der Waals surface area contributed by atoms with E-state index in [0.29, 0.717) is 11.4 Å². The van der Waals surface area contributed by atoms with E-state index in [1.165, 1.54) is 15.5 Å². The molecular weight excluding hydrogens is 420 g/mol. The van der Waals surface area contributed by atoms with Crippen LogP contribution in [0.1, 0.15) is 34.6 Å². The molecule has 5 N–H and O–H groups in total. The Hall–Kier alpha value is -3.00. The molecule has 3 aromatic carbocycles. The number of anilines is 2. The number of carbonyl (C=O) groups is 1. The third-order valence-electron chi connectivity index (χ3n) is 5.39. The number of aliphatic carboxylic acids is 1. The van der Waals surface area contributed by atoms with Crippen LogP contribution in [0.5, 0.6) is 0 Å². The van der Waals surface area contributed by atoms with Crippen LogP contribution in [0.3, 0.4) is 0 Å². The average Bonchev–Trinajstić information content (AvgIpc) is 2.74. The van der Waals surface area contributed by atoms with Crippen molar-refractivity contribution in [3.05, 3.63) is 89.0 Å². The number of benzene rings is 3. The number of hydrazine groups is 1. The van der Waals surface area contributed by atoms with Crippen LogP contribution >= 0.6 is 11.9 Å². The molecule has 32 heavy (non-hydrogen) atoms. The second-order valence-corrected chi connectivity index (χ2v) is 9.23. The standard InChI is InChI=1S/C25H30N4O2S/c1-17-9-10-18(13-20(17)16-28(2)32-21-7-5-4-6-8-21)22(15-25(30)31)19-11-12-24(29(3)27)23(26)14-19/h4-14,22H,15-16,26-27H2,1-3H3,(H,30,31). The number of hydrogen-bond donors (Lipinski definition) is 3. The Morgan fingerprint density at radius 3 is 2.31 bits per heavy atom. The van der Waals surface area contributed by atoms with Crippen molar-refractivity contribution in [2.24, 2.45) is 5.84 Å². The predicted molar refractivity (Wildman–Crippen MR) is 132 cm³/mol. The quantitative estimate of drug-likeness (QED) is 0.189. The summed E-state index contributed by atoms with van der Waals surface area (Å²) in [7, 11) is 3.78. The lowest BCUT2D eigenvalue weighted by Crippen LogP contribution is -2.26. The molecule has 0 aromatic heterocycles. The Morgan fingerprint density at radius 1 is 1.03 bits per heavy atom. The molecule has 0 aliphatic rings. The fraction of sp³-hybridized carbons (Fsp3) is 0.240. The van der Waals surface area contributed by atoms with Gasteiger partial charge in [-0.05, 0) is 72.4 Å². The molecule has 0 saturated heterocycles. The Kier molecular flexibility index (Phi) is 7.80. The Morgan fingerprint density at radius 2 is 1.69 bits per heavy atom. The highest BCUT2D eigenvalue weighted by molar-refractivity contribution is 7.97. The van der Waals surface area contributed by atoms with Crippen molar-refractivity contribution < 1.29 is 9.90 Å². The fourth-order valence-corrected chi connectivity index (χ4v) is 4.57. The van der Waals surface area contributed by atoms with E-state index in [1.807, 2.05) is 42.5 Å². The number of hydrogen-bond acceptors (Lipinski definition) is 6. The van der Waals surface area contributed by atoms with Crippen LogP contribution in [0.2, 0.25) is 0 Å². The van der Waals surface area contributed by atoms with Crippen molar-refractivity contribution in [3.63, 3.8) is 0 Å². The van der Waals surface area contributed by atoms with Crippen LogP contribution in [-0.4, -0.2) is 29.5 Å². The van der Waals surface area contributed by atoms with Gasteiger partial charge < -0.3 is 15.8 Å². The zero-order chi connectivity index (χ0) is 23.3. The largest absolute Gasteiger partial charge is 0.481 e. The number of aryl methyl sites for hydroxylation is 1. The van der Waals surface area contributed by atoms with Crippen molar-refractivity contribution in [1.82, 2.24) is 4.31 Å². The molecule has 0 heterocycles. The molecular formula is C25H30N4O2S. The smallest absolute Gasteiger partial charge is 0.304 e. The SMILES string of the molecule is Cc1ccc(C(CC(=O)O)c2ccc(N(C)N)c(N)c2)cc1CN(C)Sc1ccccc1. The van der Waals surface area contributed by atoms with Gasteiger partial charge in [0.25, 0.3) is 0 Å². The second-order valence-electron chi connectivity index (χ2n) is 7.96. The predicted octanol–water partition coefficient (Wildman–Crippen LogP) is 4.63. The van der Waals surface area contributed by atoms with Crippen LogP contribution in [-0.2, 0) is 11.3 Å². The van der Waals surface area contributed by atoms with Gasteiger partial charge >= 0.3 is 5.97 Å². The van der Waals surface area contributed by atoms with Gasteiger partial charge in [0.15, 0.2) is 0 Å². The molecule has 3 aromatic rings. The van der Waals surface area contributed by atoms with Gasteiger partial charge in [0.2, 0.25) is 0 Å². The molecule has 0 spiro atoms. The number of carboxylic acids is 1. The minimum absolute atomic E-state index is 0.0195. The Balaban J connectivity index is 1.89. The first-order valence-corrected chi connectivity index (χ1v) is 11.1. The lowest BCUT2D eigenvalue weighted by molar-refractivity contribution is -0.137. The van der Waals surface area contributed by atoms with Gasteiger partial charge in [-0.3, -0.25) is 4.79 Å². The molecule has 0 aliphatic carbocycles. The van der Waals surface area contributed by atoms with Gasteiger partial charge in [-0.1, -0.05) is 42.5 Å². The zero-order valence-corrected chi connectivity index (χ0v) is 19.5.